The van der Waals surface area contributed by atoms with E-state index in [1.807, 2.05) is 26.0 Å². The maximum Gasteiger partial charge on any atom is 0.297 e. The molecule has 1 aromatic carbocycles. The third-order valence-electron chi connectivity index (χ3n) is 2.69. The molecule has 0 saturated heterocycles. The molecule has 2 rings (SSSR count). The molecule has 0 saturated carbocycles. The average molecular weight is 244 g/mol. The standard InChI is InChI=1S/C13H16N4O/c1-8-5-9(2)7-11(6-8)17(4)13(18)12-14-10(3)15-16-12/h5-7H,1-4H3,(H,14,15,16). The number of carbonyl (C=O) groups is 1. The van der Waals surface area contributed by atoms with Gasteiger partial charge in [-0.15, -0.1) is 5.10 Å². The van der Waals surface area contributed by atoms with Crippen LogP contribution in [-0.2, 0) is 0 Å². The van der Waals surface area contributed by atoms with Gasteiger partial charge in [0.15, 0.2) is 0 Å². The summed E-state index contributed by atoms with van der Waals surface area (Å²) in [6.45, 7) is 5.78. The Hall–Kier alpha value is -2.17. The summed E-state index contributed by atoms with van der Waals surface area (Å²) in [5.74, 6) is 0.602. The van der Waals surface area contributed by atoms with Gasteiger partial charge in [0.2, 0.25) is 5.82 Å². The Morgan fingerprint density at radius 3 is 2.28 bits per heavy atom. The highest BCUT2D eigenvalue weighted by atomic mass is 16.2. The number of hydrogen-bond donors (Lipinski definition) is 1. The van der Waals surface area contributed by atoms with Crippen molar-refractivity contribution in [2.45, 2.75) is 20.8 Å². The number of aromatic nitrogens is 3. The summed E-state index contributed by atoms with van der Waals surface area (Å²) in [5, 5.41) is 6.55. The maximum absolute atomic E-state index is 12.2. The summed E-state index contributed by atoms with van der Waals surface area (Å²) in [4.78, 5) is 17.8. The van der Waals surface area contributed by atoms with Crippen LogP contribution in [0.4, 0.5) is 5.69 Å². The number of benzene rings is 1. The Morgan fingerprint density at radius 2 is 1.78 bits per heavy atom. The van der Waals surface area contributed by atoms with Gasteiger partial charge in [-0.25, -0.2) is 4.98 Å². The van der Waals surface area contributed by atoms with Crippen molar-refractivity contribution in [3.63, 3.8) is 0 Å². The molecular formula is C13H16N4O. The van der Waals surface area contributed by atoms with Gasteiger partial charge in [0.1, 0.15) is 5.82 Å². The van der Waals surface area contributed by atoms with Gasteiger partial charge in [0, 0.05) is 12.7 Å². The van der Waals surface area contributed by atoms with E-state index in [0.717, 1.165) is 16.8 Å². The number of H-pyrrole nitrogens is 1. The van der Waals surface area contributed by atoms with E-state index in [2.05, 4.69) is 21.2 Å². The van der Waals surface area contributed by atoms with E-state index in [0.29, 0.717) is 5.82 Å². The number of carbonyl (C=O) groups excluding carboxylic acids is 1. The van der Waals surface area contributed by atoms with Gasteiger partial charge in [-0.2, -0.15) is 0 Å². The lowest BCUT2D eigenvalue weighted by Gasteiger charge is -2.16. The first-order valence-corrected chi connectivity index (χ1v) is 5.73. The van der Waals surface area contributed by atoms with Crippen LogP contribution < -0.4 is 4.90 Å². The second-order valence-electron chi connectivity index (χ2n) is 4.45. The molecule has 1 aromatic heterocycles. The number of nitrogens with one attached hydrogen (secondary N) is 1. The maximum atomic E-state index is 12.2. The number of anilines is 1. The van der Waals surface area contributed by atoms with Gasteiger partial charge >= 0.3 is 0 Å². The lowest BCUT2D eigenvalue weighted by atomic mass is 10.1. The largest absolute Gasteiger partial charge is 0.309 e. The minimum Gasteiger partial charge on any atom is -0.309 e. The van der Waals surface area contributed by atoms with Crippen molar-refractivity contribution < 1.29 is 4.79 Å². The molecule has 18 heavy (non-hydrogen) atoms. The van der Waals surface area contributed by atoms with Crippen molar-refractivity contribution in [3.8, 4) is 0 Å². The Balaban J connectivity index is 2.30. The van der Waals surface area contributed by atoms with Crippen molar-refractivity contribution in [1.29, 1.82) is 0 Å². The number of hydrogen-bond acceptors (Lipinski definition) is 3. The molecule has 94 valence electrons. The molecule has 0 aliphatic heterocycles. The molecule has 0 bridgehead atoms. The predicted octanol–water partition coefficient (Wildman–Crippen LogP) is 2.01. The highest BCUT2D eigenvalue weighted by molar-refractivity contribution is 6.03. The highest BCUT2D eigenvalue weighted by Gasteiger charge is 2.18. The van der Waals surface area contributed by atoms with Crippen LogP contribution in [0.2, 0.25) is 0 Å². The summed E-state index contributed by atoms with van der Waals surface area (Å²) in [7, 11) is 1.72. The lowest BCUT2D eigenvalue weighted by Crippen LogP contribution is -2.27. The molecule has 0 aliphatic rings. The molecule has 0 aliphatic carbocycles. The van der Waals surface area contributed by atoms with Crippen LogP contribution >= 0.6 is 0 Å². The fourth-order valence-corrected chi connectivity index (χ4v) is 1.85. The van der Waals surface area contributed by atoms with E-state index in [1.54, 1.807) is 18.9 Å². The lowest BCUT2D eigenvalue weighted by molar-refractivity contribution is 0.0983. The van der Waals surface area contributed by atoms with E-state index in [1.165, 1.54) is 0 Å². The smallest absolute Gasteiger partial charge is 0.297 e. The van der Waals surface area contributed by atoms with Crippen molar-refractivity contribution in [3.05, 3.63) is 41.0 Å². The van der Waals surface area contributed by atoms with Crippen LogP contribution in [-0.4, -0.2) is 28.1 Å². The van der Waals surface area contributed by atoms with Crippen molar-refractivity contribution >= 4 is 11.6 Å². The van der Waals surface area contributed by atoms with Gasteiger partial charge in [0.25, 0.3) is 5.91 Å². The van der Waals surface area contributed by atoms with Crippen molar-refractivity contribution in [2.24, 2.45) is 0 Å². The molecule has 2 aromatic rings. The van der Waals surface area contributed by atoms with Crippen LogP contribution in [0.25, 0.3) is 0 Å². The third-order valence-corrected chi connectivity index (χ3v) is 2.69. The van der Waals surface area contributed by atoms with Crippen LogP contribution in [0, 0.1) is 20.8 Å². The molecule has 5 nitrogen and oxygen atoms in total. The fourth-order valence-electron chi connectivity index (χ4n) is 1.85. The monoisotopic (exact) mass is 244 g/mol. The molecule has 1 heterocycles. The normalized spacial score (nSPS) is 10.4. The Bertz CT molecular complexity index is 568. The second-order valence-corrected chi connectivity index (χ2v) is 4.45. The molecule has 1 amide bonds. The summed E-state index contributed by atoms with van der Waals surface area (Å²) < 4.78 is 0. The minimum absolute atomic E-state index is 0.189. The number of nitrogens with zero attached hydrogens (tertiary/aromatic N) is 3. The highest BCUT2D eigenvalue weighted by Crippen LogP contribution is 2.18. The molecule has 5 heteroatoms. The van der Waals surface area contributed by atoms with E-state index >= 15 is 0 Å². The van der Waals surface area contributed by atoms with Crippen molar-refractivity contribution in [2.75, 3.05) is 11.9 Å². The SMILES string of the molecule is Cc1cc(C)cc(N(C)C(=O)c2n[nH]c(C)n2)c1. The van der Waals surface area contributed by atoms with Crippen molar-refractivity contribution in [1.82, 2.24) is 15.2 Å². The van der Waals surface area contributed by atoms with Gasteiger partial charge in [-0.3, -0.25) is 9.89 Å². The second kappa shape index (κ2) is 4.60. The first-order valence-electron chi connectivity index (χ1n) is 5.73. The Kier molecular flexibility index (Phi) is 3.14. The van der Waals surface area contributed by atoms with Crippen LogP contribution in [0.1, 0.15) is 27.6 Å². The minimum atomic E-state index is -0.218. The molecule has 1 N–H and O–H groups in total. The quantitative estimate of drug-likeness (QED) is 0.879. The topological polar surface area (TPSA) is 61.9 Å². The zero-order valence-electron chi connectivity index (χ0n) is 11.0. The summed E-state index contributed by atoms with van der Waals surface area (Å²) in [6, 6.07) is 5.99. The fraction of sp³-hybridized carbons (Fsp3) is 0.308. The number of aryl methyl sites for hydroxylation is 3. The Labute approximate surface area is 106 Å². The molecule has 0 unspecified atom stereocenters. The molecular weight excluding hydrogens is 228 g/mol. The number of aromatic amines is 1. The summed E-state index contributed by atoms with van der Waals surface area (Å²) in [6.07, 6.45) is 0. The first kappa shape index (κ1) is 12.3. The van der Waals surface area contributed by atoms with Gasteiger partial charge in [-0.1, -0.05) is 6.07 Å². The van der Waals surface area contributed by atoms with Crippen LogP contribution in [0.15, 0.2) is 18.2 Å². The van der Waals surface area contributed by atoms with Crippen LogP contribution in [0.3, 0.4) is 0 Å². The Morgan fingerprint density at radius 1 is 1.17 bits per heavy atom. The summed E-state index contributed by atoms with van der Waals surface area (Å²) >= 11 is 0. The van der Waals surface area contributed by atoms with E-state index in [4.69, 9.17) is 0 Å². The molecule has 0 spiro atoms. The van der Waals surface area contributed by atoms with E-state index in [-0.39, 0.29) is 11.7 Å². The van der Waals surface area contributed by atoms with Gasteiger partial charge in [-0.05, 0) is 44.0 Å². The zero-order valence-corrected chi connectivity index (χ0v) is 11.0. The molecule has 0 atom stereocenters. The van der Waals surface area contributed by atoms with E-state index in [9.17, 15) is 4.79 Å². The first-order chi connectivity index (χ1) is 8.47. The van der Waals surface area contributed by atoms with E-state index < -0.39 is 0 Å². The summed E-state index contributed by atoms with van der Waals surface area (Å²) in [5.41, 5.74) is 3.09. The number of rotatable bonds is 2. The van der Waals surface area contributed by atoms with Gasteiger partial charge in [0.05, 0.1) is 0 Å². The average Bonchev–Trinajstić information content (AvgIpc) is 2.72. The predicted molar refractivity (Wildman–Crippen MR) is 69.8 cm³/mol. The number of amides is 1. The van der Waals surface area contributed by atoms with Gasteiger partial charge < -0.3 is 4.90 Å². The molecule has 0 fully saturated rings. The third kappa shape index (κ3) is 2.40. The molecule has 0 radical (unpaired) electrons. The van der Waals surface area contributed by atoms with Crippen LogP contribution in [0.5, 0.6) is 0 Å². The zero-order chi connectivity index (χ0) is 13.3.